The molecule has 7 rings (SSSR count). The van der Waals surface area contributed by atoms with Crippen LogP contribution >= 0.6 is 0 Å². The predicted molar refractivity (Wildman–Crippen MR) is 226 cm³/mol. The fraction of sp³-hybridized carbons (Fsp3) is 0.766. The molecule has 2 heterocycles. The highest BCUT2D eigenvalue weighted by Crippen LogP contribution is 2.67. The number of rotatable bonds is 13. The fourth-order valence-electron chi connectivity index (χ4n) is 11.7. The van der Waals surface area contributed by atoms with Gasteiger partial charge in [0.15, 0.2) is 18.7 Å². The van der Waals surface area contributed by atoms with Crippen LogP contribution in [0.1, 0.15) is 110 Å². The molecule has 2 aliphatic heterocycles. The number of aliphatic hydroxyl groups is 5. The van der Waals surface area contributed by atoms with Crippen molar-refractivity contribution in [2.45, 2.75) is 174 Å². The average molecular weight is 843 g/mol. The lowest BCUT2D eigenvalue weighted by molar-refractivity contribution is -0.339. The molecule has 13 nitrogen and oxygen atoms in total. The standard InChI is InChI=1S/C46H70N2O11.CH4/c1-25(2)6-7-26(3)18-34-36(20-33-31-13-12-29-19-30(49)14-16-45(29,4)32(31)15-17-46(33,34)5)57-43-40(53)41(35(50)23-55-43)59-42-39(52)38(51)37(24-56-42)58-44(54)48-22-28-10-8-27(21-47)9-11-28;/h8-12,25,30-43,49-53H,3,6-7,13-24,47H2,1-2,4-5H3,(H,48,54);1H4. The van der Waals surface area contributed by atoms with Gasteiger partial charge in [-0.15, -0.1) is 0 Å². The summed E-state index contributed by atoms with van der Waals surface area (Å²) in [7, 11) is 0. The summed E-state index contributed by atoms with van der Waals surface area (Å²) in [5, 5.41) is 57.9. The highest BCUT2D eigenvalue weighted by atomic mass is 16.7. The van der Waals surface area contributed by atoms with E-state index in [0.29, 0.717) is 30.2 Å². The van der Waals surface area contributed by atoms with Crippen molar-refractivity contribution in [3.8, 4) is 0 Å². The number of amides is 1. The van der Waals surface area contributed by atoms with E-state index in [9.17, 15) is 30.3 Å². The van der Waals surface area contributed by atoms with Crippen LogP contribution in [0.15, 0.2) is 48.1 Å². The van der Waals surface area contributed by atoms with E-state index in [0.717, 1.165) is 75.3 Å². The number of nitrogens with two attached hydrogens (primary N) is 1. The largest absolute Gasteiger partial charge is 0.441 e. The van der Waals surface area contributed by atoms with E-state index in [-0.39, 0.29) is 56.1 Å². The Hall–Kier alpha value is -2.43. The molecule has 8 N–H and O–H groups in total. The van der Waals surface area contributed by atoms with Gasteiger partial charge >= 0.3 is 6.09 Å². The van der Waals surface area contributed by atoms with Crippen LogP contribution in [-0.2, 0) is 36.8 Å². The molecule has 16 atom stereocenters. The Kier molecular flexibility index (Phi) is 15.3. The summed E-state index contributed by atoms with van der Waals surface area (Å²) in [4.78, 5) is 12.6. The molecule has 5 fully saturated rings. The SMILES string of the molecule is C.C=C(CCC(C)C)CC1C(OC2OCC(O)C(OC3OCC(OC(=O)NCc4ccc(CN)cc4)C(O)C3O)C2O)CC2C3CC=C4CC(O)CCC4(C)C3CCC12C. The Morgan fingerprint density at radius 2 is 1.63 bits per heavy atom. The Labute approximate surface area is 357 Å². The topological polar surface area (TPSA) is 202 Å². The summed E-state index contributed by atoms with van der Waals surface area (Å²) in [6.45, 7) is 14.0. The molecule has 0 aromatic heterocycles. The van der Waals surface area contributed by atoms with E-state index >= 15 is 0 Å². The maximum atomic E-state index is 12.6. The van der Waals surface area contributed by atoms with Gasteiger partial charge in [0, 0.05) is 13.1 Å². The molecule has 13 heteroatoms. The van der Waals surface area contributed by atoms with Crippen LogP contribution in [-0.4, -0.2) is 106 Å². The fourth-order valence-corrected chi connectivity index (χ4v) is 11.7. The minimum atomic E-state index is -1.65. The number of aliphatic hydroxyl groups excluding tert-OH is 5. The van der Waals surface area contributed by atoms with Gasteiger partial charge in [-0.2, -0.15) is 0 Å². The molecule has 4 aliphatic carbocycles. The zero-order valence-electron chi connectivity index (χ0n) is 35.4. The molecule has 16 unspecified atom stereocenters. The smallest absolute Gasteiger partial charge is 0.407 e. The molecule has 2 saturated heterocycles. The van der Waals surface area contributed by atoms with Gasteiger partial charge in [0.25, 0.3) is 0 Å². The Bertz CT molecular complexity index is 1640. The number of hydrogen-bond donors (Lipinski definition) is 7. The van der Waals surface area contributed by atoms with Gasteiger partial charge in [-0.05, 0) is 116 Å². The Balaban J connectivity index is 0.00000604. The number of fused-ring (bicyclic) bond motifs is 5. The summed E-state index contributed by atoms with van der Waals surface area (Å²) in [6.07, 6.45) is -0.329. The number of carbonyl (C=O) groups is 1. The monoisotopic (exact) mass is 843 g/mol. The number of benzene rings is 1. The van der Waals surface area contributed by atoms with Gasteiger partial charge in [0.05, 0.1) is 25.4 Å². The summed E-state index contributed by atoms with van der Waals surface area (Å²) < 4.78 is 30.0. The second kappa shape index (κ2) is 19.5. The van der Waals surface area contributed by atoms with Gasteiger partial charge in [-0.3, -0.25) is 0 Å². The first-order valence-corrected chi connectivity index (χ1v) is 22.1. The lowest BCUT2D eigenvalue weighted by Gasteiger charge is -2.58. The van der Waals surface area contributed by atoms with Crippen molar-refractivity contribution < 1.29 is 54.0 Å². The summed E-state index contributed by atoms with van der Waals surface area (Å²) in [6, 6.07) is 7.42. The summed E-state index contributed by atoms with van der Waals surface area (Å²) in [5.41, 5.74) is 10.2. The van der Waals surface area contributed by atoms with Crippen LogP contribution in [0.4, 0.5) is 4.79 Å². The minimum absolute atomic E-state index is 0. The minimum Gasteiger partial charge on any atom is -0.441 e. The van der Waals surface area contributed by atoms with Crippen molar-refractivity contribution in [2.24, 2.45) is 46.2 Å². The molecule has 1 amide bonds. The van der Waals surface area contributed by atoms with Crippen LogP contribution < -0.4 is 11.1 Å². The number of ether oxygens (including phenoxy) is 5. The Morgan fingerprint density at radius 1 is 0.933 bits per heavy atom. The zero-order chi connectivity index (χ0) is 42.2. The lowest BCUT2D eigenvalue weighted by Crippen LogP contribution is -2.61. The molecular formula is C47H74N2O11. The maximum Gasteiger partial charge on any atom is 0.407 e. The number of hydrogen-bond acceptors (Lipinski definition) is 12. The van der Waals surface area contributed by atoms with Crippen LogP contribution in [0.5, 0.6) is 0 Å². The first-order valence-electron chi connectivity index (χ1n) is 22.1. The Morgan fingerprint density at radius 3 is 2.35 bits per heavy atom. The molecule has 60 heavy (non-hydrogen) atoms. The molecule has 1 aromatic carbocycles. The van der Waals surface area contributed by atoms with E-state index in [1.54, 1.807) is 0 Å². The first kappa shape index (κ1) is 47.1. The van der Waals surface area contributed by atoms with Gasteiger partial charge in [-0.1, -0.05) is 83.2 Å². The van der Waals surface area contributed by atoms with Crippen molar-refractivity contribution >= 4 is 6.09 Å². The van der Waals surface area contributed by atoms with Crippen molar-refractivity contribution in [3.05, 3.63) is 59.2 Å². The van der Waals surface area contributed by atoms with E-state index < -0.39 is 55.3 Å². The number of carbonyl (C=O) groups excluding carboxylic acids is 1. The molecule has 3 saturated carbocycles. The number of nitrogens with one attached hydrogen (secondary N) is 1. The van der Waals surface area contributed by atoms with Crippen molar-refractivity contribution in [1.82, 2.24) is 5.32 Å². The quantitative estimate of drug-likeness (QED) is 0.128. The zero-order valence-corrected chi connectivity index (χ0v) is 35.4. The van der Waals surface area contributed by atoms with Crippen molar-refractivity contribution in [2.75, 3.05) is 13.2 Å². The molecule has 0 radical (unpaired) electrons. The maximum absolute atomic E-state index is 12.6. The first-order chi connectivity index (χ1) is 28.1. The highest BCUT2D eigenvalue weighted by Gasteiger charge is 2.62. The molecular weight excluding hydrogens is 769 g/mol. The van der Waals surface area contributed by atoms with Crippen molar-refractivity contribution in [3.63, 3.8) is 0 Å². The second-order valence-corrected chi connectivity index (χ2v) is 19.5. The normalized spacial score (nSPS) is 41.3. The van der Waals surface area contributed by atoms with Gasteiger partial charge in [-0.25, -0.2) is 4.79 Å². The highest BCUT2D eigenvalue weighted by molar-refractivity contribution is 5.67. The molecule has 0 bridgehead atoms. The van der Waals surface area contributed by atoms with Gasteiger partial charge in [0.1, 0.15) is 30.5 Å². The van der Waals surface area contributed by atoms with Crippen LogP contribution in [0.2, 0.25) is 0 Å². The summed E-state index contributed by atoms with van der Waals surface area (Å²) >= 11 is 0. The third-order valence-corrected chi connectivity index (χ3v) is 15.3. The van der Waals surface area contributed by atoms with Crippen LogP contribution in [0.3, 0.4) is 0 Å². The second-order valence-electron chi connectivity index (χ2n) is 19.5. The van der Waals surface area contributed by atoms with Crippen molar-refractivity contribution in [1.29, 1.82) is 0 Å². The average Bonchev–Trinajstić information content (AvgIpc) is 3.49. The van der Waals surface area contributed by atoms with Gasteiger partial charge in [0.2, 0.25) is 0 Å². The number of allylic oxidation sites excluding steroid dienone is 2. The lowest BCUT2D eigenvalue weighted by atomic mass is 9.47. The molecule has 338 valence electrons. The van der Waals surface area contributed by atoms with Crippen LogP contribution in [0, 0.1) is 40.4 Å². The molecule has 0 spiro atoms. The van der Waals surface area contributed by atoms with Gasteiger partial charge < -0.3 is 60.3 Å². The van der Waals surface area contributed by atoms with E-state index in [2.05, 4.69) is 45.7 Å². The van der Waals surface area contributed by atoms with Crippen LogP contribution in [0.25, 0.3) is 0 Å². The summed E-state index contributed by atoms with van der Waals surface area (Å²) in [5.74, 6) is 2.12. The molecule has 6 aliphatic rings. The van der Waals surface area contributed by atoms with E-state index in [4.69, 9.17) is 29.4 Å². The van der Waals surface area contributed by atoms with E-state index in [1.165, 1.54) is 11.1 Å². The molecule has 1 aromatic rings. The third kappa shape index (κ3) is 9.71. The number of alkyl carbamates (subject to hydrolysis) is 1. The third-order valence-electron chi connectivity index (χ3n) is 15.3. The predicted octanol–water partition coefficient (Wildman–Crippen LogP) is 5.24. The van der Waals surface area contributed by atoms with E-state index in [1.807, 2.05) is 24.3 Å².